The van der Waals surface area contributed by atoms with E-state index in [1.165, 1.54) is 6.21 Å². The number of carbonyl (C=O) groups is 1. The Morgan fingerprint density at radius 2 is 2.15 bits per heavy atom. The zero-order chi connectivity index (χ0) is 24.4. The van der Waals surface area contributed by atoms with E-state index in [2.05, 4.69) is 36.3 Å². The molecule has 1 unspecified atom stereocenters. The van der Waals surface area contributed by atoms with Crippen LogP contribution in [-0.2, 0) is 11.2 Å². The third-order valence-electron chi connectivity index (χ3n) is 5.68. The molecule has 10 heteroatoms. The molecular weight excluding hydrogens is 503 g/mol. The van der Waals surface area contributed by atoms with E-state index in [9.17, 15) is 9.18 Å². The highest BCUT2D eigenvalue weighted by Crippen LogP contribution is 2.30. The fourth-order valence-electron chi connectivity index (χ4n) is 3.97. The van der Waals surface area contributed by atoms with Gasteiger partial charge in [-0.1, -0.05) is 6.07 Å². The molecule has 8 nitrogen and oxygen atoms in total. The third kappa shape index (κ3) is 4.58. The van der Waals surface area contributed by atoms with Crippen molar-refractivity contribution in [2.45, 2.75) is 32.7 Å². The topological polar surface area (TPSA) is 107 Å². The van der Waals surface area contributed by atoms with Crippen LogP contribution in [0.2, 0.25) is 0 Å². The Bertz CT molecular complexity index is 1320. The predicted octanol–water partition coefficient (Wildman–Crippen LogP) is 4.09. The Morgan fingerprint density at radius 3 is 2.82 bits per heavy atom. The number of nitrogens with one attached hydrogen (secondary N) is 1. The van der Waals surface area contributed by atoms with Gasteiger partial charge in [0.05, 0.1) is 29.2 Å². The van der Waals surface area contributed by atoms with Crippen molar-refractivity contribution in [3.8, 4) is 11.4 Å². The summed E-state index contributed by atoms with van der Waals surface area (Å²) in [6, 6.07) is 8.08. The quantitative estimate of drug-likeness (QED) is 0.296. The van der Waals surface area contributed by atoms with Crippen LogP contribution in [0.5, 0.6) is 5.75 Å². The smallest absolute Gasteiger partial charge is 0.249 e. The second kappa shape index (κ2) is 9.76. The van der Waals surface area contributed by atoms with Crippen LogP contribution in [0.4, 0.5) is 10.1 Å². The molecule has 0 bridgehead atoms. The first kappa shape index (κ1) is 23.6. The van der Waals surface area contributed by atoms with E-state index < -0.39 is 6.04 Å². The van der Waals surface area contributed by atoms with Crippen molar-refractivity contribution in [3.05, 3.63) is 69.5 Å². The molecule has 2 aromatic carbocycles. The van der Waals surface area contributed by atoms with Crippen LogP contribution in [0.25, 0.3) is 5.69 Å². The van der Waals surface area contributed by atoms with Crippen LogP contribution in [0.3, 0.4) is 0 Å². The number of amides is 1. The van der Waals surface area contributed by atoms with Crippen LogP contribution in [0, 0.1) is 19.7 Å². The molecule has 4 rings (SSSR count). The van der Waals surface area contributed by atoms with Gasteiger partial charge < -0.3 is 20.5 Å². The van der Waals surface area contributed by atoms with Gasteiger partial charge in [0.25, 0.3) is 0 Å². The highest BCUT2D eigenvalue weighted by Gasteiger charge is 2.25. The first-order valence-electron chi connectivity index (χ1n) is 10.6. The molecule has 1 aromatic heterocycles. The molecule has 3 N–H and O–H groups in total. The van der Waals surface area contributed by atoms with Gasteiger partial charge in [-0.15, -0.1) is 0 Å². The summed E-state index contributed by atoms with van der Waals surface area (Å²) in [6.45, 7) is 3.84. The molecular formula is C24H24BrFN6O2. The summed E-state index contributed by atoms with van der Waals surface area (Å²) < 4.78 is 22.4. The van der Waals surface area contributed by atoms with Gasteiger partial charge in [-0.05, 0) is 66.9 Å². The van der Waals surface area contributed by atoms with Crippen LogP contribution in [0.1, 0.15) is 29.1 Å². The maximum absolute atomic E-state index is 14.5. The third-order valence-corrected chi connectivity index (χ3v) is 6.29. The van der Waals surface area contributed by atoms with Gasteiger partial charge in [0.15, 0.2) is 0 Å². The molecule has 0 spiro atoms. The van der Waals surface area contributed by atoms with Crippen molar-refractivity contribution in [1.29, 1.82) is 0 Å². The van der Waals surface area contributed by atoms with E-state index >= 15 is 0 Å². The van der Waals surface area contributed by atoms with E-state index in [4.69, 9.17) is 10.6 Å². The number of hydrazone groups is 1. The molecule has 0 aliphatic carbocycles. The lowest BCUT2D eigenvalue weighted by Gasteiger charge is -2.13. The van der Waals surface area contributed by atoms with Gasteiger partial charge >= 0.3 is 0 Å². The Balaban J connectivity index is 1.58. The van der Waals surface area contributed by atoms with E-state index in [0.29, 0.717) is 45.6 Å². The average molecular weight is 527 g/mol. The Hall–Kier alpha value is -3.53. The molecule has 1 atom stereocenters. The molecule has 3 aromatic rings. The molecule has 1 aliphatic heterocycles. The average Bonchev–Trinajstić information content (AvgIpc) is 3.07. The summed E-state index contributed by atoms with van der Waals surface area (Å²) in [7, 11) is 1.58. The summed E-state index contributed by atoms with van der Waals surface area (Å²) in [4.78, 5) is 21.5. The minimum atomic E-state index is -0.708. The predicted molar refractivity (Wildman–Crippen MR) is 134 cm³/mol. The van der Waals surface area contributed by atoms with Crippen molar-refractivity contribution >= 4 is 39.5 Å². The number of nitrogens with zero attached hydrogens (tertiary/aromatic N) is 4. The highest BCUT2D eigenvalue weighted by atomic mass is 79.9. The zero-order valence-corrected chi connectivity index (χ0v) is 20.6. The van der Waals surface area contributed by atoms with Gasteiger partial charge in [-0.2, -0.15) is 5.10 Å². The number of rotatable bonds is 5. The number of methoxy groups -OCH3 is 1. The number of hydrogen-bond donors (Lipinski definition) is 2. The van der Waals surface area contributed by atoms with Gasteiger partial charge in [0.1, 0.15) is 29.1 Å². The lowest BCUT2D eigenvalue weighted by molar-refractivity contribution is -0.117. The minimum Gasteiger partial charge on any atom is -0.495 e. The molecule has 176 valence electrons. The van der Waals surface area contributed by atoms with Gasteiger partial charge in [-0.3, -0.25) is 9.79 Å². The van der Waals surface area contributed by atoms with Crippen LogP contribution < -0.4 is 15.9 Å². The summed E-state index contributed by atoms with van der Waals surface area (Å²) in [5, 5.41) is 6.61. The first-order valence-corrected chi connectivity index (χ1v) is 11.4. The molecule has 0 saturated carbocycles. The Labute approximate surface area is 204 Å². The molecule has 34 heavy (non-hydrogen) atoms. The fraction of sp³-hybridized carbons (Fsp3) is 0.250. The number of aromatic nitrogens is 2. The highest BCUT2D eigenvalue weighted by molar-refractivity contribution is 9.10. The van der Waals surface area contributed by atoms with Crippen LogP contribution >= 0.6 is 15.9 Å². The van der Waals surface area contributed by atoms with Crippen molar-refractivity contribution < 1.29 is 13.9 Å². The maximum Gasteiger partial charge on any atom is 0.249 e. The van der Waals surface area contributed by atoms with Crippen molar-refractivity contribution in [1.82, 2.24) is 9.55 Å². The number of fused-ring (bicyclic) bond motifs is 1. The standard InChI is InChI=1S/C24H24BrFN6O2/c1-13-12-32(14(2)29-13)21-9-4-15(10-22(21)34-3)20(31-27)11-28-19-7-5-16-18(30-24(19)33)8-6-17(25)23(16)26/h4,6,8-12,19H,5,7,27H2,1-3H3,(H,30,33). The number of nitrogens with two attached hydrogens (primary N) is 1. The Kier molecular flexibility index (Phi) is 6.78. The number of carbonyl (C=O) groups excluding carboxylic acids is 1. The lowest BCUT2D eigenvalue weighted by atomic mass is 10.1. The number of aliphatic imine (C=N–C) groups is 1. The van der Waals surface area contributed by atoms with Crippen molar-refractivity contribution in [3.63, 3.8) is 0 Å². The molecule has 2 heterocycles. The monoisotopic (exact) mass is 526 g/mol. The second-order valence-electron chi connectivity index (χ2n) is 7.91. The normalized spacial score (nSPS) is 16.3. The summed E-state index contributed by atoms with van der Waals surface area (Å²) in [5.74, 6) is 6.40. The molecule has 0 saturated heterocycles. The SMILES string of the molecule is COc1cc(C(C=NC2CCc3c(ccc(Br)c3F)NC2=O)=NN)ccc1-n1cc(C)nc1C. The summed E-state index contributed by atoms with van der Waals surface area (Å²) in [6.07, 6.45) is 4.11. The summed E-state index contributed by atoms with van der Waals surface area (Å²) >= 11 is 3.19. The number of benzene rings is 2. The van der Waals surface area contributed by atoms with Crippen LogP contribution in [0.15, 0.2) is 51.1 Å². The van der Waals surface area contributed by atoms with Gasteiger partial charge in [-0.25, -0.2) is 9.37 Å². The van der Waals surface area contributed by atoms with Crippen molar-refractivity contribution in [2.75, 3.05) is 12.4 Å². The second-order valence-corrected chi connectivity index (χ2v) is 8.76. The number of anilines is 1. The molecule has 1 amide bonds. The van der Waals surface area contributed by atoms with Gasteiger partial charge in [0.2, 0.25) is 5.91 Å². The first-order chi connectivity index (χ1) is 16.3. The number of aryl methyl sites for hydroxylation is 2. The van der Waals surface area contributed by atoms with Crippen LogP contribution in [-0.4, -0.2) is 40.5 Å². The van der Waals surface area contributed by atoms with Crippen molar-refractivity contribution in [2.24, 2.45) is 15.9 Å². The van der Waals surface area contributed by atoms with Gasteiger partial charge in [0, 0.05) is 23.0 Å². The molecule has 0 fully saturated rings. The van der Waals surface area contributed by atoms with E-state index in [1.54, 1.807) is 25.3 Å². The van der Waals surface area contributed by atoms with E-state index in [0.717, 1.165) is 17.2 Å². The summed E-state index contributed by atoms with van der Waals surface area (Å²) in [5.41, 5.74) is 3.70. The number of imidazole rings is 1. The minimum absolute atomic E-state index is 0.313. The zero-order valence-electron chi connectivity index (χ0n) is 19.0. The maximum atomic E-state index is 14.5. The van der Waals surface area contributed by atoms with E-state index in [-0.39, 0.29) is 11.7 Å². The lowest BCUT2D eigenvalue weighted by Crippen LogP contribution is -2.25. The molecule has 1 aliphatic rings. The molecule has 0 radical (unpaired) electrons. The van der Waals surface area contributed by atoms with E-state index in [1.807, 2.05) is 36.7 Å². The largest absolute Gasteiger partial charge is 0.495 e. The number of ether oxygens (including phenoxy) is 1. The number of halogens is 2. The Morgan fingerprint density at radius 1 is 1.35 bits per heavy atom. The number of hydrogen-bond acceptors (Lipinski definition) is 6. The fourth-order valence-corrected chi connectivity index (χ4v) is 4.34.